The Hall–Kier alpha value is -0.930. The number of benzene rings is 1. The summed E-state index contributed by atoms with van der Waals surface area (Å²) in [6, 6.07) is 5.63. The number of halogens is 1. The van der Waals surface area contributed by atoms with Gasteiger partial charge in [-0.1, -0.05) is 0 Å². The van der Waals surface area contributed by atoms with Gasteiger partial charge in [-0.05, 0) is 30.7 Å². The molecule has 14 heavy (non-hydrogen) atoms. The standard InChI is InChI=1S/C10H15NO2.ClH/c1-8-7-9(3-4-10(8)11)13-6-5-12-2;/h3-4,7H,5-6,11H2,1-2H3;1H. The predicted molar refractivity (Wildman–Crippen MR) is 60.2 cm³/mol. The molecule has 0 radical (unpaired) electrons. The number of anilines is 1. The van der Waals surface area contributed by atoms with Gasteiger partial charge in [-0.2, -0.15) is 0 Å². The average molecular weight is 218 g/mol. The van der Waals surface area contributed by atoms with Crippen molar-refractivity contribution in [2.45, 2.75) is 6.92 Å². The van der Waals surface area contributed by atoms with Crippen LogP contribution in [0, 0.1) is 6.92 Å². The number of rotatable bonds is 4. The largest absolute Gasteiger partial charge is 0.491 e. The average Bonchev–Trinajstić information content (AvgIpc) is 2.12. The Morgan fingerprint density at radius 3 is 2.57 bits per heavy atom. The van der Waals surface area contributed by atoms with Gasteiger partial charge in [0.15, 0.2) is 0 Å². The first-order valence-electron chi connectivity index (χ1n) is 4.22. The second kappa shape index (κ2) is 6.51. The van der Waals surface area contributed by atoms with Crippen molar-refractivity contribution in [2.75, 3.05) is 26.1 Å². The topological polar surface area (TPSA) is 44.5 Å². The van der Waals surface area contributed by atoms with Crippen LogP contribution in [0.1, 0.15) is 5.56 Å². The molecule has 0 spiro atoms. The highest BCUT2D eigenvalue weighted by Gasteiger charge is 1.96. The molecule has 1 aromatic carbocycles. The van der Waals surface area contributed by atoms with Gasteiger partial charge in [0.1, 0.15) is 12.4 Å². The van der Waals surface area contributed by atoms with Gasteiger partial charge >= 0.3 is 0 Å². The lowest BCUT2D eigenvalue weighted by Gasteiger charge is -2.07. The van der Waals surface area contributed by atoms with E-state index >= 15 is 0 Å². The fourth-order valence-electron chi connectivity index (χ4n) is 0.981. The van der Waals surface area contributed by atoms with Gasteiger partial charge in [0.2, 0.25) is 0 Å². The molecule has 0 fully saturated rings. The maximum absolute atomic E-state index is 5.66. The number of nitrogen functional groups attached to an aromatic ring is 1. The molecular weight excluding hydrogens is 202 g/mol. The molecule has 1 rings (SSSR count). The van der Waals surface area contributed by atoms with Gasteiger partial charge in [0.05, 0.1) is 6.61 Å². The molecule has 3 nitrogen and oxygen atoms in total. The zero-order valence-electron chi connectivity index (χ0n) is 8.45. The van der Waals surface area contributed by atoms with E-state index in [1.54, 1.807) is 7.11 Å². The molecule has 0 aliphatic carbocycles. The molecular formula is C10H16ClNO2. The fourth-order valence-corrected chi connectivity index (χ4v) is 0.981. The molecule has 2 N–H and O–H groups in total. The third kappa shape index (κ3) is 3.85. The van der Waals surface area contributed by atoms with Crippen LogP contribution in [0.5, 0.6) is 5.75 Å². The quantitative estimate of drug-likeness (QED) is 0.620. The van der Waals surface area contributed by atoms with Crippen molar-refractivity contribution in [3.8, 4) is 5.75 Å². The zero-order valence-corrected chi connectivity index (χ0v) is 9.26. The molecule has 0 saturated carbocycles. The van der Waals surface area contributed by atoms with Crippen molar-refractivity contribution < 1.29 is 9.47 Å². The maximum atomic E-state index is 5.66. The number of methoxy groups -OCH3 is 1. The van der Waals surface area contributed by atoms with Crippen LogP contribution in [-0.4, -0.2) is 20.3 Å². The van der Waals surface area contributed by atoms with E-state index in [2.05, 4.69) is 0 Å². The molecule has 0 heterocycles. The van der Waals surface area contributed by atoms with E-state index in [-0.39, 0.29) is 12.4 Å². The Morgan fingerprint density at radius 1 is 1.29 bits per heavy atom. The van der Waals surface area contributed by atoms with Crippen molar-refractivity contribution in [3.05, 3.63) is 23.8 Å². The van der Waals surface area contributed by atoms with Gasteiger partial charge in [0.25, 0.3) is 0 Å². The van der Waals surface area contributed by atoms with E-state index in [1.165, 1.54) is 0 Å². The molecule has 0 saturated heterocycles. The van der Waals surface area contributed by atoms with E-state index in [1.807, 2.05) is 25.1 Å². The molecule has 0 unspecified atom stereocenters. The van der Waals surface area contributed by atoms with Crippen LogP contribution in [0.25, 0.3) is 0 Å². The summed E-state index contributed by atoms with van der Waals surface area (Å²) in [6.07, 6.45) is 0. The van der Waals surface area contributed by atoms with Crippen molar-refractivity contribution in [3.63, 3.8) is 0 Å². The molecule has 0 bridgehead atoms. The Kier molecular flexibility index (Phi) is 6.08. The van der Waals surface area contributed by atoms with E-state index in [9.17, 15) is 0 Å². The summed E-state index contributed by atoms with van der Waals surface area (Å²) in [7, 11) is 1.65. The summed E-state index contributed by atoms with van der Waals surface area (Å²) in [5.41, 5.74) is 7.49. The van der Waals surface area contributed by atoms with Crippen molar-refractivity contribution in [2.24, 2.45) is 0 Å². The highest BCUT2D eigenvalue weighted by Crippen LogP contribution is 2.18. The molecule has 0 aliphatic rings. The lowest BCUT2D eigenvalue weighted by molar-refractivity contribution is 0.146. The second-order valence-corrected chi connectivity index (χ2v) is 2.86. The number of hydrogen-bond acceptors (Lipinski definition) is 3. The molecule has 0 aromatic heterocycles. The van der Waals surface area contributed by atoms with Crippen LogP contribution in [0.15, 0.2) is 18.2 Å². The maximum Gasteiger partial charge on any atom is 0.119 e. The SMILES string of the molecule is COCCOc1ccc(N)c(C)c1.Cl. The molecule has 0 aliphatic heterocycles. The van der Waals surface area contributed by atoms with E-state index in [0.29, 0.717) is 13.2 Å². The molecule has 0 amide bonds. The fraction of sp³-hybridized carbons (Fsp3) is 0.400. The third-order valence-electron chi connectivity index (χ3n) is 1.80. The van der Waals surface area contributed by atoms with Crippen LogP contribution in [0.3, 0.4) is 0 Å². The molecule has 4 heteroatoms. The summed E-state index contributed by atoms with van der Waals surface area (Å²) < 4.78 is 10.3. The van der Waals surface area contributed by atoms with E-state index in [0.717, 1.165) is 17.0 Å². The first kappa shape index (κ1) is 13.1. The Morgan fingerprint density at radius 2 is 2.00 bits per heavy atom. The van der Waals surface area contributed by atoms with Gasteiger partial charge in [-0.3, -0.25) is 0 Å². The third-order valence-corrected chi connectivity index (χ3v) is 1.80. The molecule has 80 valence electrons. The van der Waals surface area contributed by atoms with Crippen LogP contribution in [0.2, 0.25) is 0 Å². The van der Waals surface area contributed by atoms with Crippen LogP contribution < -0.4 is 10.5 Å². The lowest BCUT2D eigenvalue weighted by atomic mass is 10.2. The van der Waals surface area contributed by atoms with E-state index in [4.69, 9.17) is 15.2 Å². The summed E-state index contributed by atoms with van der Waals surface area (Å²) in [5, 5.41) is 0. The Balaban J connectivity index is 0.00000169. The van der Waals surface area contributed by atoms with Gasteiger partial charge in [0, 0.05) is 12.8 Å². The minimum atomic E-state index is 0. The Labute approximate surface area is 90.6 Å². The minimum Gasteiger partial charge on any atom is -0.491 e. The number of hydrogen-bond donors (Lipinski definition) is 1. The Bertz CT molecular complexity index is 279. The normalized spacial score (nSPS) is 9.29. The number of ether oxygens (including phenoxy) is 2. The summed E-state index contributed by atoms with van der Waals surface area (Å²) in [5.74, 6) is 0.837. The summed E-state index contributed by atoms with van der Waals surface area (Å²) in [4.78, 5) is 0. The van der Waals surface area contributed by atoms with Gasteiger partial charge in [-0.25, -0.2) is 0 Å². The van der Waals surface area contributed by atoms with Crippen LogP contribution in [-0.2, 0) is 4.74 Å². The first-order chi connectivity index (χ1) is 6.24. The molecule has 1 aromatic rings. The van der Waals surface area contributed by atoms with Crippen molar-refractivity contribution >= 4 is 18.1 Å². The molecule has 0 atom stereocenters. The van der Waals surface area contributed by atoms with Crippen LogP contribution in [0.4, 0.5) is 5.69 Å². The summed E-state index contributed by atoms with van der Waals surface area (Å²) >= 11 is 0. The smallest absolute Gasteiger partial charge is 0.119 e. The first-order valence-corrected chi connectivity index (χ1v) is 4.22. The van der Waals surface area contributed by atoms with Crippen LogP contribution >= 0.6 is 12.4 Å². The second-order valence-electron chi connectivity index (χ2n) is 2.86. The number of aryl methyl sites for hydroxylation is 1. The highest BCUT2D eigenvalue weighted by atomic mass is 35.5. The zero-order chi connectivity index (χ0) is 9.68. The van der Waals surface area contributed by atoms with Crippen molar-refractivity contribution in [1.82, 2.24) is 0 Å². The number of nitrogens with two attached hydrogens (primary N) is 1. The monoisotopic (exact) mass is 217 g/mol. The van der Waals surface area contributed by atoms with Gasteiger partial charge in [-0.15, -0.1) is 12.4 Å². The van der Waals surface area contributed by atoms with Gasteiger partial charge < -0.3 is 15.2 Å². The van der Waals surface area contributed by atoms with E-state index < -0.39 is 0 Å². The predicted octanol–water partition coefficient (Wildman–Crippen LogP) is 2.02. The lowest BCUT2D eigenvalue weighted by Crippen LogP contribution is -2.04. The van der Waals surface area contributed by atoms with Crippen molar-refractivity contribution in [1.29, 1.82) is 0 Å². The summed E-state index contributed by atoms with van der Waals surface area (Å²) in [6.45, 7) is 3.13. The minimum absolute atomic E-state index is 0. The highest BCUT2D eigenvalue weighted by molar-refractivity contribution is 5.85.